The molecule has 1 amide bonds. The van der Waals surface area contributed by atoms with Crippen LogP contribution >= 0.6 is 0 Å². The van der Waals surface area contributed by atoms with Crippen LogP contribution in [0.3, 0.4) is 0 Å². The molecule has 4 rings (SSSR count). The summed E-state index contributed by atoms with van der Waals surface area (Å²) in [5.74, 6) is 1.09. The van der Waals surface area contributed by atoms with Crippen LogP contribution in [0, 0.1) is 5.92 Å². The Labute approximate surface area is 156 Å². The van der Waals surface area contributed by atoms with Gasteiger partial charge in [-0.05, 0) is 36.4 Å². The maximum Gasteiger partial charge on any atom is 0.223 e. The van der Waals surface area contributed by atoms with E-state index in [-0.39, 0.29) is 17.6 Å². The number of hydrogen-bond donors (Lipinski definition) is 2. The Balaban J connectivity index is 1.70. The Kier molecular flexibility index (Phi) is 4.50. The van der Waals surface area contributed by atoms with Gasteiger partial charge < -0.3 is 19.9 Å². The quantitative estimate of drug-likeness (QED) is 0.722. The number of aromatic nitrogens is 2. The molecule has 0 saturated carbocycles. The topological polar surface area (TPSA) is 93.6 Å². The van der Waals surface area contributed by atoms with Gasteiger partial charge in [0.05, 0.1) is 30.3 Å². The third-order valence-corrected chi connectivity index (χ3v) is 4.56. The summed E-state index contributed by atoms with van der Waals surface area (Å²) >= 11 is 0. The predicted molar refractivity (Wildman–Crippen MR) is 99.8 cm³/mol. The minimum absolute atomic E-state index is 0.0491. The highest BCUT2D eigenvalue weighted by atomic mass is 16.5. The van der Waals surface area contributed by atoms with Gasteiger partial charge in [0, 0.05) is 30.6 Å². The number of nitrogens with one attached hydrogen (secondary N) is 1. The maximum atomic E-state index is 11.4. The predicted octanol–water partition coefficient (Wildman–Crippen LogP) is 2.53. The van der Waals surface area contributed by atoms with Crippen LogP contribution in [-0.2, 0) is 4.79 Å². The van der Waals surface area contributed by atoms with E-state index in [0.717, 1.165) is 16.5 Å². The number of aromatic hydroxyl groups is 1. The van der Waals surface area contributed by atoms with Crippen LogP contribution in [0.4, 0.5) is 0 Å². The summed E-state index contributed by atoms with van der Waals surface area (Å²) in [6, 6.07) is 10.7. The molecule has 3 aromatic rings. The van der Waals surface area contributed by atoms with Gasteiger partial charge >= 0.3 is 0 Å². The number of carbonyl (C=O) groups excluding carboxylic acids is 1. The van der Waals surface area contributed by atoms with E-state index in [2.05, 4.69) is 15.3 Å². The summed E-state index contributed by atoms with van der Waals surface area (Å²) in [5, 5.41) is 13.4. The minimum atomic E-state index is 0.0491. The average molecular weight is 365 g/mol. The van der Waals surface area contributed by atoms with Crippen LogP contribution in [-0.4, -0.2) is 41.2 Å². The van der Waals surface area contributed by atoms with Crippen molar-refractivity contribution in [1.82, 2.24) is 15.3 Å². The number of ether oxygens (including phenoxy) is 2. The molecule has 138 valence electrons. The summed E-state index contributed by atoms with van der Waals surface area (Å²) in [4.78, 5) is 20.4. The lowest BCUT2D eigenvalue weighted by Gasteiger charge is -2.13. The van der Waals surface area contributed by atoms with E-state index < -0.39 is 0 Å². The molecule has 7 heteroatoms. The van der Waals surface area contributed by atoms with Crippen molar-refractivity contribution in [1.29, 1.82) is 0 Å². The lowest BCUT2D eigenvalue weighted by molar-refractivity contribution is -0.119. The maximum absolute atomic E-state index is 11.4. The summed E-state index contributed by atoms with van der Waals surface area (Å²) in [5.41, 5.74) is 2.19. The molecule has 7 nitrogen and oxygen atoms in total. The van der Waals surface area contributed by atoms with Gasteiger partial charge in [-0.25, -0.2) is 4.98 Å². The van der Waals surface area contributed by atoms with Crippen molar-refractivity contribution < 1.29 is 19.4 Å². The number of hydrogen-bond acceptors (Lipinski definition) is 6. The molecule has 0 aliphatic carbocycles. The Morgan fingerprint density at radius 3 is 2.96 bits per heavy atom. The first kappa shape index (κ1) is 17.1. The monoisotopic (exact) mass is 365 g/mol. The molecule has 1 saturated heterocycles. The number of phenols is 1. The summed E-state index contributed by atoms with van der Waals surface area (Å²) in [6.45, 7) is 1.02. The van der Waals surface area contributed by atoms with Gasteiger partial charge in [0.1, 0.15) is 0 Å². The van der Waals surface area contributed by atoms with Crippen molar-refractivity contribution in [2.75, 3.05) is 20.3 Å². The summed E-state index contributed by atoms with van der Waals surface area (Å²) in [6.07, 6.45) is 2.18. The first-order chi connectivity index (χ1) is 13.1. The number of amides is 1. The molecule has 0 unspecified atom stereocenters. The standard InChI is InChI=1S/C20H19N3O4/c1-26-18-8-13(4-5-17(18)24)15-9-16-14(3-2-6-21-16)20(23-15)27-11-12-7-19(25)22-10-12/h2-6,8-9,12,24H,7,10-11H2,1H3,(H,22,25)/t12-/m1/s1. The number of rotatable bonds is 5. The second kappa shape index (κ2) is 7.11. The van der Waals surface area contributed by atoms with Gasteiger partial charge in [-0.15, -0.1) is 0 Å². The van der Waals surface area contributed by atoms with E-state index >= 15 is 0 Å². The van der Waals surface area contributed by atoms with Crippen molar-refractivity contribution in [2.24, 2.45) is 5.92 Å². The van der Waals surface area contributed by atoms with Crippen molar-refractivity contribution in [3.63, 3.8) is 0 Å². The van der Waals surface area contributed by atoms with Crippen molar-refractivity contribution in [3.05, 3.63) is 42.6 Å². The fourth-order valence-electron chi connectivity index (χ4n) is 3.12. The second-order valence-corrected chi connectivity index (χ2v) is 6.45. The van der Waals surface area contributed by atoms with Gasteiger partial charge in [-0.1, -0.05) is 0 Å². The number of pyridine rings is 2. The molecular weight excluding hydrogens is 346 g/mol. The van der Waals surface area contributed by atoms with Crippen LogP contribution in [0.15, 0.2) is 42.6 Å². The Hall–Kier alpha value is -3.35. The first-order valence-corrected chi connectivity index (χ1v) is 8.66. The van der Waals surface area contributed by atoms with Gasteiger partial charge in [0.2, 0.25) is 11.8 Å². The fraction of sp³-hybridized carbons (Fsp3) is 0.250. The second-order valence-electron chi connectivity index (χ2n) is 6.45. The molecule has 1 atom stereocenters. The zero-order valence-electron chi connectivity index (χ0n) is 14.8. The largest absolute Gasteiger partial charge is 0.504 e. The number of phenolic OH excluding ortho intramolecular Hbond substituents is 1. The molecule has 1 aliphatic heterocycles. The Morgan fingerprint density at radius 2 is 2.19 bits per heavy atom. The molecule has 1 aromatic carbocycles. The lowest BCUT2D eigenvalue weighted by atomic mass is 10.1. The number of benzene rings is 1. The smallest absolute Gasteiger partial charge is 0.223 e. The Morgan fingerprint density at radius 1 is 1.30 bits per heavy atom. The highest BCUT2D eigenvalue weighted by Gasteiger charge is 2.22. The van der Waals surface area contributed by atoms with Gasteiger partial charge in [0.15, 0.2) is 11.5 Å². The van der Waals surface area contributed by atoms with Crippen LogP contribution in [0.1, 0.15) is 6.42 Å². The minimum Gasteiger partial charge on any atom is -0.504 e. The third kappa shape index (κ3) is 3.48. The van der Waals surface area contributed by atoms with Gasteiger partial charge in [0.25, 0.3) is 0 Å². The zero-order chi connectivity index (χ0) is 18.8. The van der Waals surface area contributed by atoms with Crippen molar-refractivity contribution in [3.8, 4) is 28.6 Å². The number of nitrogens with zero attached hydrogens (tertiary/aromatic N) is 2. The van der Waals surface area contributed by atoms with E-state index in [4.69, 9.17) is 9.47 Å². The Bertz CT molecular complexity index is 1010. The normalized spacial score (nSPS) is 16.3. The van der Waals surface area contributed by atoms with Crippen molar-refractivity contribution in [2.45, 2.75) is 6.42 Å². The first-order valence-electron chi connectivity index (χ1n) is 8.66. The fourth-order valence-corrected chi connectivity index (χ4v) is 3.12. The van der Waals surface area contributed by atoms with Crippen LogP contribution in [0.25, 0.3) is 22.2 Å². The van der Waals surface area contributed by atoms with Gasteiger partial charge in [-0.3, -0.25) is 9.78 Å². The molecule has 0 bridgehead atoms. The van der Waals surface area contributed by atoms with Crippen LogP contribution in [0.5, 0.6) is 17.4 Å². The van der Waals surface area contributed by atoms with E-state index in [1.165, 1.54) is 7.11 Å². The molecular formula is C20H19N3O4. The number of methoxy groups -OCH3 is 1. The van der Waals surface area contributed by atoms with Crippen LogP contribution in [0.2, 0.25) is 0 Å². The molecule has 0 radical (unpaired) electrons. The lowest BCUT2D eigenvalue weighted by Crippen LogP contribution is -2.17. The van der Waals surface area contributed by atoms with E-state index in [1.807, 2.05) is 18.2 Å². The third-order valence-electron chi connectivity index (χ3n) is 4.56. The van der Waals surface area contributed by atoms with Crippen molar-refractivity contribution >= 4 is 16.8 Å². The highest BCUT2D eigenvalue weighted by Crippen LogP contribution is 2.33. The number of fused-ring (bicyclic) bond motifs is 1. The summed E-state index contributed by atoms with van der Waals surface area (Å²) in [7, 11) is 1.50. The molecule has 2 aromatic heterocycles. The van der Waals surface area contributed by atoms with Crippen LogP contribution < -0.4 is 14.8 Å². The molecule has 3 heterocycles. The van der Waals surface area contributed by atoms with Gasteiger partial charge in [-0.2, -0.15) is 0 Å². The molecule has 1 aliphatic rings. The van der Waals surface area contributed by atoms with E-state index in [0.29, 0.717) is 36.9 Å². The zero-order valence-corrected chi connectivity index (χ0v) is 14.8. The number of carbonyl (C=O) groups is 1. The summed E-state index contributed by atoms with van der Waals surface area (Å²) < 4.78 is 11.2. The van der Waals surface area contributed by atoms with E-state index in [1.54, 1.807) is 24.4 Å². The highest BCUT2D eigenvalue weighted by molar-refractivity contribution is 5.87. The molecule has 1 fully saturated rings. The molecule has 2 N–H and O–H groups in total. The molecule has 0 spiro atoms. The SMILES string of the molecule is COc1cc(-c2cc3ncccc3c(OC[C@H]3CNC(=O)C3)n2)ccc1O. The van der Waals surface area contributed by atoms with E-state index in [9.17, 15) is 9.90 Å². The molecule has 27 heavy (non-hydrogen) atoms. The average Bonchev–Trinajstić information content (AvgIpc) is 3.11.